The van der Waals surface area contributed by atoms with Gasteiger partial charge in [-0.3, -0.25) is 0 Å². The van der Waals surface area contributed by atoms with Crippen molar-refractivity contribution in [2.75, 3.05) is 0 Å². The summed E-state index contributed by atoms with van der Waals surface area (Å²) < 4.78 is 18.0. The third-order valence-corrected chi connectivity index (χ3v) is 7.47. The normalized spacial score (nSPS) is 31.1. The number of fused-ring (bicyclic) bond motifs is 2. The minimum absolute atomic E-state index is 0.0277. The van der Waals surface area contributed by atoms with E-state index in [9.17, 15) is 9.90 Å². The number of rotatable bonds is 3. The van der Waals surface area contributed by atoms with Crippen LogP contribution < -0.4 is 5.46 Å². The van der Waals surface area contributed by atoms with E-state index in [1.165, 1.54) is 0 Å². The molecule has 1 N–H and O–H groups in total. The predicted octanol–water partition coefficient (Wildman–Crippen LogP) is 3.82. The van der Waals surface area contributed by atoms with Crippen molar-refractivity contribution in [3.8, 4) is 0 Å². The van der Waals surface area contributed by atoms with Crippen LogP contribution in [-0.2, 0) is 20.5 Å². The Balaban J connectivity index is 1.46. The van der Waals surface area contributed by atoms with Gasteiger partial charge in [0.05, 0.1) is 16.8 Å². The van der Waals surface area contributed by atoms with Crippen LogP contribution in [0.15, 0.2) is 24.3 Å². The lowest BCUT2D eigenvalue weighted by molar-refractivity contribution is -0.0579. The molecule has 2 atom stereocenters. The smallest absolute Gasteiger partial charge is 0.444 e. The number of ether oxygens (including phenoxy) is 1. The highest BCUT2D eigenvalue weighted by Crippen LogP contribution is 2.43. The van der Waals surface area contributed by atoms with Gasteiger partial charge in [0.15, 0.2) is 0 Å². The molecule has 7 heteroatoms. The summed E-state index contributed by atoms with van der Waals surface area (Å²) in [6.07, 6.45) is 3.28. The lowest BCUT2D eigenvalue weighted by atomic mass is 9.76. The lowest BCUT2D eigenvalue weighted by Crippen LogP contribution is -2.55. The van der Waals surface area contributed by atoms with Crippen LogP contribution in [0.25, 0.3) is 0 Å². The van der Waals surface area contributed by atoms with Gasteiger partial charge in [-0.1, -0.05) is 24.3 Å². The fourth-order valence-corrected chi connectivity index (χ4v) is 5.29. The van der Waals surface area contributed by atoms with Crippen LogP contribution in [-0.4, -0.2) is 57.7 Å². The highest BCUT2D eigenvalue weighted by Gasteiger charge is 2.52. The van der Waals surface area contributed by atoms with Crippen LogP contribution in [0.2, 0.25) is 0 Å². The van der Waals surface area contributed by atoms with Crippen molar-refractivity contribution >= 4 is 18.7 Å². The summed E-state index contributed by atoms with van der Waals surface area (Å²) in [6, 6.07) is 8.21. The SMILES string of the molecule is CC(C)(C)OC(=O)N1C2CCC1CC(O)(Cc1cccc(B3OC(C)(C)C(C)(C)O3)c1)C2. The molecule has 1 aromatic carbocycles. The predicted molar refractivity (Wildman–Crippen MR) is 125 cm³/mol. The molecule has 3 heterocycles. The van der Waals surface area contributed by atoms with E-state index in [-0.39, 0.29) is 29.4 Å². The fourth-order valence-electron chi connectivity index (χ4n) is 5.29. The second-order valence-electron chi connectivity index (χ2n) is 11.9. The molecule has 4 rings (SSSR count). The average molecular weight is 443 g/mol. The molecule has 3 saturated heterocycles. The van der Waals surface area contributed by atoms with Gasteiger partial charge in [0.1, 0.15) is 5.60 Å². The molecule has 1 aromatic rings. The molecule has 6 nitrogen and oxygen atoms in total. The molecule has 3 aliphatic rings. The molecule has 1 amide bonds. The van der Waals surface area contributed by atoms with Crippen LogP contribution >= 0.6 is 0 Å². The number of hydrogen-bond donors (Lipinski definition) is 1. The molecular formula is C25H38BNO5. The summed E-state index contributed by atoms with van der Waals surface area (Å²) in [4.78, 5) is 14.6. The minimum atomic E-state index is -0.834. The first-order valence-electron chi connectivity index (χ1n) is 11.9. The van der Waals surface area contributed by atoms with Crippen LogP contribution in [0.3, 0.4) is 0 Å². The van der Waals surface area contributed by atoms with Crippen molar-refractivity contribution in [1.29, 1.82) is 0 Å². The molecule has 3 fully saturated rings. The van der Waals surface area contributed by atoms with Crippen LogP contribution in [0, 0.1) is 0 Å². The van der Waals surface area contributed by atoms with Gasteiger partial charge in [-0.2, -0.15) is 0 Å². The Morgan fingerprint density at radius 1 is 1.12 bits per heavy atom. The summed E-state index contributed by atoms with van der Waals surface area (Å²) in [7, 11) is -0.417. The van der Waals surface area contributed by atoms with Gasteiger partial charge in [0, 0.05) is 18.5 Å². The first kappa shape index (κ1) is 23.6. The number of carbonyl (C=O) groups is 1. The maximum atomic E-state index is 12.7. The first-order valence-corrected chi connectivity index (χ1v) is 11.9. The van der Waals surface area contributed by atoms with Crippen LogP contribution in [0.5, 0.6) is 0 Å². The minimum Gasteiger partial charge on any atom is -0.444 e. The van der Waals surface area contributed by atoms with Gasteiger partial charge in [-0.05, 0) is 85.2 Å². The van der Waals surface area contributed by atoms with Gasteiger partial charge < -0.3 is 24.1 Å². The van der Waals surface area contributed by atoms with E-state index in [4.69, 9.17) is 14.0 Å². The van der Waals surface area contributed by atoms with Gasteiger partial charge in [0.25, 0.3) is 0 Å². The van der Waals surface area contributed by atoms with Gasteiger partial charge in [0.2, 0.25) is 0 Å². The Morgan fingerprint density at radius 2 is 1.69 bits per heavy atom. The maximum absolute atomic E-state index is 12.7. The van der Waals surface area contributed by atoms with Crippen molar-refractivity contribution in [3.05, 3.63) is 29.8 Å². The van der Waals surface area contributed by atoms with E-state index in [1.807, 2.05) is 65.5 Å². The summed E-state index contributed by atoms with van der Waals surface area (Å²) in [6.45, 7) is 13.9. The highest BCUT2D eigenvalue weighted by molar-refractivity contribution is 6.62. The lowest BCUT2D eigenvalue weighted by Gasteiger charge is -2.44. The van der Waals surface area contributed by atoms with E-state index in [0.717, 1.165) is 23.9 Å². The summed E-state index contributed by atoms with van der Waals surface area (Å²) >= 11 is 0. The van der Waals surface area contributed by atoms with Gasteiger partial charge >= 0.3 is 13.2 Å². The van der Waals surface area contributed by atoms with Crippen molar-refractivity contribution in [1.82, 2.24) is 4.90 Å². The molecule has 0 radical (unpaired) electrons. The summed E-state index contributed by atoms with van der Waals surface area (Å²) in [5.74, 6) is 0. The third kappa shape index (κ3) is 4.57. The van der Waals surface area contributed by atoms with E-state index in [1.54, 1.807) is 0 Å². The fraction of sp³-hybridized carbons (Fsp3) is 0.720. The van der Waals surface area contributed by atoms with Crippen molar-refractivity contribution in [2.24, 2.45) is 0 Å². The van der Waals surface area contributed by atoms with E-state index >= 15 is 0 Å². The summed E-state index contributed by atoms with van der Waals surface area (Å²) in [5.41, 5.74) is -0.0975. The Labute approximate surface area is 192 Å². The molecule has 0 aliphatic carbocycles. The number of carbonyl (C=O) groups excluding carboxylic acids is 1. The zero-order valence-corrected chi connectivity index (χ0v) is 20.6. The van der Waals surface area contributed by atoms with Crippen molar-refractivity contribution in [3.63, 3.8) is 0 Å². The Bertz CT molecular complexity index is 847. The molecule has 0 spiro atoms. The summed E-state index contributed by atoms with van der Waals surface area (Å²) in [5, 5.41) is 11.5. The quantitative estimate of drug-likeness (QED) is 0.720. The largest absolute Gasteiger partial charge is 0.494 e. The van der Waals surface area contributed by atoms with Gasteiger partial charge in [-0.15, -0.1) is 0 Å². The standard InChI is InChI=1S/C25H38BNO5/c1-22(2,3)30-21(28)27-19-11-12-20(27)16-25(29,15-19)14-17-9-8-10-18(13-17)26-31-23(4,5)24(6,7)32-26/h8-10,13,19-20,29H,11-12,14-16H2,1-7H3. The molecule has 3 aliphatic heterocycles. The zero-order chi connectivity index (χ0) is 23.5. The van der Waals surface area contributed by atoms with Gasteiger partial charge in [-0.25, -0.2) is 4.79 Å². The Hall–Kier alpha value is -1.57. The molecule has 176 valence electrons. The Morgan fingerprint density at radius 3 is 2.22 bits per heavy atom. The Kier molecular flexibility index (Phi) is 5.71. The van der Waals surface area contributed by atoms with Crippen molar-refractivity contribution in [2.45, 2.75) is 115 Å². The van der Waals surface area contributed by atoms with E-state index < -0.39 is 18.3 Å². The number of nitrogens with zero attached hydrogens (tertiary/aromatic N) is 1. The number of aliphatic hydroxyl groups is 1. The average Bonchev–Trinajstić information content (AvgIpc) is 3.03. The molecule has 2 bridgehead atoms. The maximum Gasteiger partial charge on any atom is 0.494 e. The zero-order valence-electron chi connectivity index (χ0n) is 20.6. The second kappa shape index (κ2) is 7.74. The molecule has 0 aromatic heterocycles. The number of amides is 1. The monoisotopic (exact) mass is 443 g/mol. The van der Waals surface area contributed by atoms with E-state index in [0.29, 0.717) is 19.3 Å². The molecular weight excluding hydrogens is 405 g/mol. The van der Waals surface area contributed by atoms with Crippen LogP contribution in [0.1, 0.15) is 79.7 Å². The third-order valence-electron chi connectivity index (χ3n) is 7.47. The second-order valence-corrected chi connectivity index (χ2v) is 11.9. The molecule has 0 saturated carbocycles. The highest BCUT2D eigenvalue weighted by atomic mass is 16.7. The topological polar surface area (TPSA) is 68.2 Å². The number of piperidine rings is 1. The first-order chi connectivity index (χ1) is 14.7. The number of benzene rings is 1. The van der Waals surface area contributed by atoms with Crippen molar-refractivity contribution < 1.29 is 23.9 Å². The van der Waals surface area contributed by atoms with E-state index in [2.05, 4.69) is 12.1 Å². The molecule has 2 unspecified atom stereocenters. The van der Waals surface area contributed by atoms with Crippen LogP contribution in [0.4, 0.5) is 4.79 Å². The molecule has 32 heavy (non-hydrogen) atoms. The number of hydrogen-bond acceptors (Lipinski definition) is 5.